The van der Waals surface area contributed by atoms with Crippen LogP contribution in [-0.4, -0.2) is 46.2 Å². The van der Waals surface area contributed by atoms with Crippen molar-refractivity contribution in [3.8, 4) is 0 Å². The van der Waals surface area contributed by atoms with Crippen LogP contribution >= 0.6 is 0 Å². The first kappa shape index (κ1) is 22.9. The van der Waals surface area contributed by atoms with E-state index in [1.54, 1.807) is 44.3 Å². The van der Waals surface area contributed by atoms with Gasteiger partial charge in [-0.05, 0) is 55.6 Å². The van der Waals surface area contributed by atoms with Gasteiger partial charge >= 0.3 is 11.7 Å². The number of esters is 1. The van der Waals surface area contributed by atoms with E-state index < -0.39 is 5.92 Å². The fourth-order valence-electron chi connectivity index (χ4n) is 4.75. The minimum absolute atomic E-state index is 0.146. The third kappa shape index (κ3) is 4.61. The van der Waals surface area contributed by atoms with Crippen LogP contribution in [-0.2, 0) is 23.1 Å². The van der Waals surface area contributed by atoms with Gasteiger partial charge in [0, 0.05) is 26.7 Å². The molecule has 2 atom stereocenters. The number of nitrogens with zero attached hydrogens (tertiary/aromatic N) is 3. The third-order valence-corrected chi connectivity index (χ3v) is 6.46. The highest BCUT2D eigenvalue weighted by atomic mass is 19.1. The summed E-state index contributed by atoms with van der Waals surface area (Å²) in [5.41, 5.74) is 0.704. The van der Waals surface area contributed by atoms with Gasteiger partial charge in [0.15, 0.2) is 0 Å². The lowest BCUT2D eigenvalue weighted by atomic mass is 9.80. The number of hydrogen-bond donors (Lipinski definition) is 0. The first-order chi connectivity index (χ1) is 15.9. The molecule has 1 fully saturated rings. The molecule has 4 rings (SSSR count). The Morgan fingerprint density at radius 1 is 1.12 bits per heavy atom. The molecular formula is C25H28FN3O4. The molecule has 1 aliphatic heterocycles. The zero-order chi connectivity index (χ0) is 23.5. The van der Waals surface area contributed by atoms with Crippen molar-refractivity contribution < 1.29 is 13.9 Å². The van der Waals surface area contributed by atoms with Gasteiger partial charge < -0.3 is 9.64 Å². The Labute approximate surface area is 191 Å². The lowest BCUT2D eigenvalue weighted by Crippen LogP contribution is -2.47. The van der Waals surface area contributed by atoms with E-state index in [1.807, 2.05) is 6.07 Å². The largest absolute Gasteiger partial charge is 0.466 e. The number of likely N-dealkylation sites (tertiary alicyclic amines) is 1. The van der Waals surface area contributed by atoms with Crippen molar-refractivity contribution in [1.29, 1.82) is 0 Å². The molecule has 3 aromatic rings. The molecule has 174 valence electrons. The molecule has 1 aliphatic rings. The fraction of sp³-hybridized carbons (Fsp3) is 0.400. The number of carbonyl (C=O) groups is 1. The second-order valence-electron chi connectivity index (χ2n) is 8.42. The quantitative estimate of drug-likeness (QED) is 0.537. The zero-order valence-electron chi connectivity index (χ0n) is 18.9. The molecule has 0 saturated carbocycles. The molecule has 0 amide bonds. The van der Waals surface area contributed by atoms with Gasteiger partial charge in [0.25, 0.3) is 5.56 Å². The number of piperidine rings is 1. The molecule has 0 bridgehead atoms. The van der Waals surface area contributed by atoms with Crippen molar-refractivity contribution in [2.75, 3.05) is 26.2 Å². The second kappa shape index (κ2) is 9.70. The maximum Gasteiger partial charge on any atom is 0.331 e. The van der Waals surface area contributed by atoms with Gasteiger partial charge in [-0.3, -0.25) is 18.7 Å². The van der Waals surface area contributed by atoms with Gasteiger partial charge in [-0.1, -0.05) is 24.3 Å². The van der Waals surface area contributed by atoms with Crippen LogP contribution in [0, 0.1) is 11.7 Å². The summed E-state index contributed by atoms with van der Waals surface area (Å²) in [5.74, 6) is -1.23. The molecular weight excluding hydrogens is 425 g/mol. The van der Waals surface area contributed by atoms with Crippen molar-refractivity contribution in [1.82, 2.24) is 14.0 Å². The number of carbonyl (C=O) groups excluding carboxylic acids is 1. The minimum atomic E-state index is -0.448. The summed E-state index contributed by atoms with van der Waals surface area (Å²) in [7, 11) is 1.65. The molecule has 33 heavy (non-hydrogen) atoms. The Balaban J connectivity index is 1.55. The first-order valence-corrected chi connectivity index (χ1v) is 11.2. The van der Waals surface area contributed by atoms with Crippen LogP contribution in [0.25, 0.3) is 10.9 Å². The van der Waals surface area contributed by atoms with Crippen molar-refractivity contribution in [3.05, 3.63) is 80.7 Å². The summed E-state index contributed by atoms with van der Waals surface area (Å²) in [6, 6.07) is 13.4. The SMILES string of the molecule is CCOC(=O)C1CN(CCn2c(=O)c3ccccc3n(C)c2=O)CCC1c1cccc(F)c1. The predicted octanol–water partition coefficient (Wildman–Crippen LogP) is 2.51. The standard InChI is InChI=1S/C25H28FN3O4/c1-3-33-24(31)21-16-28(12-11-19(21)17-7-6-8-18(26)15-17)13-14-29-23(30)20-9-4-5-10-22(20)27(2)25(29)32/h4-10,15,19,21H,3,11-14,16H2,1-2H3. The summed E-state index contributed by atoms with van der Waals surface area (Å²) in [5, 5.41) is 0.494. The number of ether oxygens (including phenoxy) is 1. The number of hydrogen-bond acceptors (Lipinski definition) is 5. The lowest BCUT2D eigenvalue weighted by molar-refractivity contribution is -0.150. The van der Waals surface area contributed by atoms with Gasteiger partial charge in [-0.25, -0.2) is 9.18 Å². The summed E-state index contributed by atoms with van der Waals surface area (Å²) in [6.07, 6.45) is 0.650. The van der Waals surface area contributed by atoms with Gasteiger partial charge in [0.2, 0.25) is 0 Å². The Morgan fingerprint density at radius 2 is 1.91 bits per heavy atom. The first-order valence-electron chi connectivity index (χ1n) is 11.2. The van der Waals surface area contributed by atoms with Gasteiger partial charge in [-0.2, -0.15) is 0 Å². The number of aromatic nitrogens is 2. The Bertz CT molecular complexity index is 1280. The highest BCUT2D eigenvalue weighted by Crippen LogP contribution is 2.34. The Morgan fingerprint density at radius 3 is 2.67 bits per heavy atom. The molecule has 0 N–H and O–H groups in total. The summed E-state index contributed by atoms with van der Waals surface area (Å²) < 4.78 is 21.9. The normalized spacial score (nSPS) is 19.0. The monoisotopic (exact) mass is 453 g/mol. The number of fused-ring (bicyclic) bond motifs is 1. The molecule has 1 aromatic heterocycles. The van der Waals surface area contributed by atoms with E-state index in [-0.39, 0.29) is 42.1 Å². The molecule has 0 radical (unpaired) electrons. The average Bonchev–Trinajstić information content (AvgIpc) is 2.82. The smallest absolute Gasteiger partial charge is 0.331 e. The molecule has 0 spiro atoms. The highest BCUT2D eigenvalue weighted by molar-refractivity contribution is 5.77. The van der Waals surface area contributed by atoms with Crippen molar-refractivity contribution in [3.63, 3.8) is 0 Å². The Kier molecular flexibility index (Phi) is 6.74. The van der Waals surface area contributed by atoms with Crippen LogP contribution in [0.3, 0.4) is 0 Å². The van der Waals surface area contributed by atoms with Crippen LogP contribution in [0.2, 0.25) is 0 Å². The molecule has 7 nitrogen and oxygen atoms in total. The van der Waals surface area contributed by atoms with Crippen LogP contribution < -0.4 is 11.2 Å². The zero-order valence-corrected chi connectivity index (χ0v) is 18.9. The maximum atomic E-state index is 13.8. The highest BCUT2D eigenvalue weighted by Gasteiger charge is 2.36. The summed E-state index contributed by atoms with van der Waals surface area (Å²) >= 11 is 0. The Hall–Kier alpha value is -3.26. The van der Waals surface area contributed by atoms with E-state index in [4.69, 9.17) is 4.74 Å². The van der Waals surface area contributed by atoms with Crippen LogP contribution in [0.1, 0.15) is 24.8 Å². The minimum Gasteiger partial charge on any atom is -0.466 e. The van der Waals surface area contributed by atoms with E-state index in [0.29, 0.717) is 37.0 Å². The number of halogens is 1. The van der Waals surface area contributed by atoms with Crippen LogP contribution in [0.15, 0.2) is 58.1 Å². The van der Waals surface area contributed by atoms with E-state index in [0.717, 1.165) is 5.56 Å². The van der Waals surface area contributed by atoms with Crippen molar-refractivity contribution >= 4 is 16.9 Å². The van der Waals surface area contributed by atoms with Gasteiger partial charge in [0.1, 0.15) is 5.82 Å². The molecule has 2 unspecified atom stereocenters. The summed E-state index contributed by atoms with van der Waals surface area (Å²) in [6.45, 7) is 3.78. The summed E-state index contributed by atoms with van der Waals surface area (Å²) in [4.78, 5) is 40.5. The molecule has 2 aromatic carbocycles. The van der Waals surface area contributed by atoms with Gasteiger partial charge in [-0.15, -0.1) is 0 Å². The van der Waals surface area contributed by atoms with Gasteiger partial charge in [0.05, 0.1) is 23.4 Å². The molecule has 0 aliphatic carbocycles. The predicted molar refractivity (Wildman–Crippen MR) is 124 cm³/mol. The van der Waals surface area contributed by atoms with E-state index in [1.165, 1.54) is 21.3 Å². The fourth-order valence-corrected chi connectivity index (χ4v) is 4.75. The number of para-hydroxylation sites is 1. The van der Waals surface area contributed by atoms with Crippen LogP contribution in [0.4, 0.5) is 4.39 Å². The topological polar surface area (TPSA) is 73.5 Å². The molecule has 1 saturated heterocycles. The molecule has 2 heterocycles. The maximum absolute atomic E-state index is 13.8. The average molecular weight is 454 g/mol. The van der Waals surface area contributed by atoms with Crippen molar-refractivity contribution in [2.24, 2.45) is 13.0 Å². The number of aryl methyl sites for hydroxylation is 1. The van der Waals surface area contributed by atoms with Crippen LogP contribution in [0.5, 0.6) is 0 Å². The second-order valence-corrected chi connectivity index (χ2v) is 8.42. The third-order valence-electron chi connectivity index (χ3n) is 6.46. The number of rotatable bonds is 6. The van der Waals surface area contributed by atoms with Crippen molar-refractivity contribution in [2.45, 2.75) is 25.8 Å². The van der Waals surface area contributed by atoms with E-state index in [9.17, 15) is 18.8 Å². The lowest BCUT2D eigenvalue weighted by Gasteiger charge is -2.37. The van der Waals surface area contributed by atoms with E-state index >= 15 is 0 Å². The molecule has 8 heteroatoms. The number of benzene rings is 2. The van der Waals surface area contributed by atoms with E-state index in [2.05, 4.69) is 4.90 Å².